The number of halogens is 1. The number of thioether (sulfide) groups is 1. The molecule has 1 heterocycles. The molecule has 3 nitrogen and oxygen atoms in total. The number of hydrogen-bond donors (Lipinski definition) is 0. The Kier molecular flexibility index (Phi) is 4.61. The lowest BCUT2D eigenvalue weighted by Gasteiger charge is -2.07. The molecule has 0 aliphatic carbocycles. The molecule has 0 unspecified atom stereocenters. The first-order valence-electron chi connectivity index (χ1n) is 6.66. The molecule has 0 aliphatic heterocycles. The molecule has 0 fully saturated rings. The minimum atomic E-state index is 0.371. The molecular formula is C17H13ClN2OS. The van der Waals surface area contributed by atoms with E-state index in [0.717, 1.165) is 5.56 Å². The Labute approximate surface area is 138 Å². The van der Waals surface area contributed by atoms with Crippen LogP contribution >= 0.6 is 23.4 Å². The minimum Gasteiger partial charge on any atom is -0.439 e. The smallest absolute Gasteiger partial charge is 0.224 e. The van der Waals surface area contributed by atoms with Gasteiger partial charge in [-0.2, -0.15) is 4.98 Å². The quantitative estimate of drug-likeness (QED) is 0.369. The third kappa shape index (κ3) is 3.59. The molecule has 1 aromatic heterocycles. The first-order chi connectivity index (χ1) is 10.7. The zero-order valence-corrected chi connectivity index (χ0v) is 13.4. The lowest BCUT2D eigenvalue weighted by Crippen LogP contribution is -1.92. The number of nitrogens with zero attached hydrogens (tertiary/aromatic N) is 2. The van der Waals surface area contributed by atoms with Crippen molar-refractivity contribution in [1.29, 1.82) is 0 Å². The standard InChI is InChI=1S/C17H13ClN2OS/c1-22-17-19-15(18)11-16(20-17)21-14-9-7-13(8-10-14)12-5-3-2-4-6-12/h2-11H,1H3. The van der Waals surface area contributed by atoms with Gasteiger partial charge in [-0.15, -0.1) is 0 Å². The van der Waals surface area contributed by atoms with Crippen LogP contribution in [-0.2, 0) is 0 Å². The van der Waals surface area contributed by atoms with Gasteiger partial charge in [-0.3, -0.25) is 0 Å². The molecule has 3 rings (SSSR count). The molecule has 0 bridgehead atoms. The summed E-state index contributed by atoms with van der Waals surface area (Å²) in [5.41, 5.74) is 2.31. The third-order valence-corrected chi connectivity index (χ3v) is 3.76. The number of aromatic nitrogens is 2. The Hall–Kier alpha value is -2.04. The molecule has 22 heavy (non-hydrogen) atoms. The van der Waals surface area contributed by atoms with E-state index in [9.17, 15) is 0 Å². The van der Waals surface area contributed by atoms with Gasteiger partial charge in [-0.1, -0.05) is 65.8 Å². The predicted octanol–water partition coefficient (Wildman–Crippen LogP) is 5.31. The molecule has 0 spiro atoms. The van der Waals surface area contributed by atoms with Crippen molar-refractivity contribution in [2.24, 2.45) is 0 Å². The molecule has 0 aliphatic rings. The zero-order valence-electron chi connectivity index (χ0n) is 11.9. The summed E-state index contributed by atoms with van der Waals surface area (Å²) in [6.07, 6.45) is 1.89. The number of ether oxygens (including phenoxy) is 1. The van der Waals surface area contributed by atoms with Crippen LogP contribution in [-0.4, -0.2) is 16.2 Å². The van der Waals surface area contributed by atoms with Gasteiger partial charge in [0.2, 0.25) is 5.88 Å². The normalized spacial score (nSPS) is 10.5. The lowest BCUT2D eigenvalue weighted by atomic mass is 10.1. The van der Waals surface area contributed by atoms with E-state index in [1.54, 1.807) is 6.07 Å². The van der Waals surface area contributed by atoms with Crippen LogP contribution in [0.25, 0.3) is 11.1 Å². The molecule has 2 aromatic carbocycles. The Morgan fingerprint density at radius 2 is 1.59 bits per heavy atom. The van der Waals surface area contributed by atoms with Crippen LogP contribution in [0.4, 0.5) is 0 Å². The predicted molar refractivity (Wildman–Crippen MR) is 90.8 cm³/mol. The minimum absolute atomic E-state index is 0.371. The summed E-state index contributed by atoms with van der Waals surface area (Å²) < 4.78 is 5.74. The highest BCUT2D eigenvalue weighted by atomic mass is 35.5. The number of hydrogen-bond acceptors (Lipinski definition) is 4. The van der Waals surface area contributed by atoms with Crippen LogP contribution < -0.4 is 4.74 Å². The van der Waals surface area contributed by atoms with Gasteiger partial charge in [0.25, 0.3) is 0 Å². The summed E-state index contributed by atoms with van der Waals surface area (Å²) in [5, 5.41) is 0.957. The van der Waals surface area contributed by atoms with Crippen molar-refractivity contribution in [3.05, 3.63) is 65.8 Å². The first-order valence-corrected chi connectivity index (χ1v) is 8.27. The van der Waals surface area contributed by atoms with Gasteiger partial charge >= 0.3 is 0 Å². The summed E-state index contributed by atoms with van der Waals surface area (Å²) in [5.74, 6) is 1.15. The van der Waals surface area contributed by atoms with Crippen molar-refractivity contribution < 1.29 is 4.74 Å². The topological polar surface area (TPSA) is 35.0 Å². The van der Waals surface area contributed by atoms with E-state index in [-0.39, 0.29) is 0 Å². The molecule has 0 N–H and O–H groups in total. The average molecular weight is 329 g/mol. The monoisotopic (exact) mass is 328 g/mol. The molecule has 5 heteroatoms. The van der Waals surface area contributed by atoms with E-state index in [1.807, 2.05) is 48.7 Å². The zero-order chi connectivity index (χ0) is 15.4. The first kappa shape index (κ1) is 14.9. The number of rotatable bonds is 4. The van der Waals surface area contributed by atoms with Crippen molar-refractivity contribution in [1.82, 2.24) is 9.97 Å². The Morgan fingerprint density at radius 3 is 2.27 bits per heavy atom. The van der Waals surface area contributed by atoms with E-state index in [4.69, 9.17) is 16.3 Å². The highest BCUT2D eigenvalue weighted by molar-refractivity contribution is 7.98. The van der Waals surface area contributed by atoms with E-state index in [2.05, 4.69) is 22.1 Å². The molecule has 0 atom stereocenters. The van der Waals surface area contributed by atoms with Gasteiger partial charge in [0, 0.05) is 6.07 Å². The van der Waals surface area contributed by atoms with Gasteiger partial charge in [-0.25, -0.2) is 4.98 Å². The molecule has 0 amide bonds. The average Bonchev–Trinajstić information content (AvgIpc) is 2.56. The maximum Gasteiger partial charge on any atom is 0.224 e. The van der Waals surface area contributed by atoms with E-state index in [0.29, 0.717) is 21.9 Å². The molecule has 110 valence electrons. The molecule has 0 saturated carbocycles. The summed E-state index contributed by atoms with van der Waals surface area (Å²) >= 11 is 7.38. The summed E-state index contributed by atoms with van der Waals surface area (Å²) in [6, 6.07) is 19.7. The summed E-state index contributed by atoms with van der Waals surface area (Å²) in [6.45, 7) is 0. The largest absolute Gasteiger partial charge is 0.439 e. The fraction of sp³-hybridized carbons (Fsp3) is 0.0588. The van der Waals surface area contributed by atoms with Crippen molar-refractivity contribution in [2.75, 3.05) is 6.26 Å². The SMILES string of the molecule is CSc1nc(Cl)cc(Oc2ccc(-c3ccccc3)cc2)n1. The third-order valence-electron chi connectivity index (χ3n) is 3.02. The van der Waals surface area contributed by atoms with Gasteiger partial charge in [0.1, 0.15) is 10.9 Å². The van der Waals surface area contributed by atoms with Crippen LogP contribution in [0.2, 0.25) is 5.15 Å². The van der Waals surface area contributed by atoms with Crippen LogP contribution in [0.3, 0.4) is 0 Å². The Balaban J connectivity index is 1.81. The van der Waals surface area contributed by atoms with E-state index in [1.165, 1.54) is 17.3 Å². The summed E-state index contributed by atoms with van der Waals surface area (Å²) in [7, 11) is 0. The summed E-state index contributed by atoms with van der Waals surface area (Å²) in [4.78, 5) is 8.36. The van der Waals surface area contributed by atoms with Crippen molar-refractivity contribution in [3.8, 4) is 22.8 Å². The second-order valence-electron chi connectivity index (χ2n) is 4.51. The van der Waals surface area contributed by atoms with Gasteiger partial charge < -0.3 is 4.74 Å². The van der Waals surface area contributed by atoms with Gasteiger partial charge in [0.15, 0.2) is 5.16 Å². The molecule has 0 saturated heterocycles. The molecular weight excluding hydrogens is 316 g/mol. The van der Waals surface area contributed by atoms with Crippen LogP contribution in [0, 0.1) is 0 Å². The highest BCUT2D eigenvalue weighted by Gasteiger charge is 2.05. The fourth-order valence-corrected chi connectivity index (χ4v) is 2.58. The maximum atomic E-state index is 5.96. The van der Waals surface area contributed by atoms with Crippen LogP contribution in [0.1, 0.15) is 0 Å². The fourth-order valence-electron chi connectivity index (χ4n) is 1.99. The van der Waals surface area contributed by atoms with Crippen molar-refractivity contribution in [2.45, 2.75) is 5.16 Å². The second-order valence-corrected chi connectivity index (χ2v) is 5.67. The maximum absolute atomic E-state index is 5.96. The Morgan fingerprint density at radius 1 is 0.909 bits per heavy atom. The van der Waals surface area contributed by atoms with E-state index >= 15 is 0 Å². The number of benzene rings is 2. The van der Waals surface area contributed by atoms with Crippen LogP contribution in [0.5, 0.6) is 11.6 Å². The second kappa shape index (κ2) is 6.81. The van der Waals surface area contributed by atoms with E-state index < -0.39 is 0 Å². The van der Waals surface area contributed by atoms with Crippen LogP contribution in [0.15, 0.2) is 65.8 Å². The van der Waals surface area contributed by atoms with Crippen molar-refractivity contribution in [3.63, 3.8) is 0 Å². The highest BCUT2D eigenvalue weighted by Crippen LogP contribution is 2.26. The van der Waals surface area contributed by atoms with Gasteiger partial charge in [-0.05, 0) is 29.5 Å². The Bertz CT molecular complexity index is 763. The molecule has 3 aromatic rings. The molecule has 0 radical (unpaired) electrons. The van der Waals surface area contributed by atoms with Gasteiger partial charge in [0.05, 0.1) is 0 Å². The lowest BCUT2D eigenvalue weighted by molar-refractivity contribution is 0.455. The van der Waals surface area contributed by atoms with Crippen molar-refractivity contribution >= 4 is 23.4 Å².